The van der Waals surface area contributed by atoms with Gasteiger partial charge in [0.2, 0.25) is 0 Å². The Kier molecular flexibility index (Phi) is 6.22. The Hall–Kier alpha value is -2.28. The van der Waals surface area contributed by atoms with Crippen LogP contribution in [0.2, 0.25) is 0 Å². The summed E-state index contributed by atoms with van der Waals surface area (Å²) in [4.78, 5) is 0. The second kappa shape index (κ2) is 8.38. The van der Waals surface area contributed by atoms with Crippen LogP contribution in [0.5, 0.6) is 0 Å². The van der Waals surface area contributed by atoms with E-state index in [4.69, 9.17) is 5.73 Å². The van der Waals surface area contributed by atoms with E-state index in [-0.39, 0.29) is 0 Å². The smallest absolute Gasteiger partial charge is 0.0393 e. The quantitative estimate of drug-likeness (QED) is 0.655. The number of hydrogen-bond donors (Lipinski definition) is 1. The summed E-state index contributed by atoms with van der Waals surface area (Å²) in [5.41, 5.74) is 13.7. The molecule has 0 atom stereocenters. The molecular formula is C22H27N. The third kappa shape index (κ3) is 4.35. The molecule has 0 aliphatic rings. The highest BCUT2D eigenvalue weighted by Gasteiger charge is 2.08. The van der Waals surface area contributed by atoms with Crippen molar-refractivity contribution < 1.29 is 0 Å². The van der Waals surface area contributed by atoms with Gasteiger partial charge in [-0.1, -0.05) is 74.9 Å². The van der Waals surface area contributed by atoms with Crippen molar-refractivity contribution in [1.29, 1.82) is 0 Å². The average Bonchev–Trinajstić information content (AvgIpc) is 2.59. The largest absolute Gasteiger partial charge is 0.398 e. The van der Waals surface area contributed by atoms with Crippen LogP contribution in [0.3, 0.4) is 0 Å². The Morgan fingerprint density at radius 2 is 1.61 bits per heavy atom. The Morgan fingerprint density at radius 1 is 0.957 bits per heavy atom. The predicted octanol–water partition coefficient (Wildman–Crippen LogP) is 5.96. The van der Waals surface area contributed by atoms with E-state index in [2.05, 4.69) is 75.4 Å². The SMILES string of the molecule is CCC/C(=C(\C=C(/N)c1ccccc1C)CC)c1ccccc1. The molecule has 0 unspecified atom stereocenters. The number of allylic oxidation sites excluding steroid dienone is 3. The monoisotopic (exact) mass is 305 g/mol. The molecule has 0 fully saturated rings. The summed E-state index contributed by atoms with van der Waals surface area (Å²) in [6.07, 6.45) is 5.35. The third-order valence-corrected chi connectivity index (χ3v) is 4.18. The molecule has 2 rings (SSSR count). The van der Waals surface area contributed by atoms with Crippen LogP contribution in [0.15, 0.2) is 66.2 Å². The summed E-state index contributed by atoms with van der Waals surface area (Å²) >= 11 is 0. The molecule has 0 amide bonds. The molecule has 0 aromatic heterocycles. The molecule has 0 aliphatic heterocycles. The van der Waals surface area contributed by atoms with E-state index < -0.39 is 0 Å². The fourth-order valence-electron chi connectivity index (χ4n) is 2.94. The van der Waals surface area contributed by atoms with E-state index >= 15 is 0 Å². The Labute approximate surface area is 140 Å². The van der Waals surface area contributed by atoms with Gasteiger partial charge in [-0.15, -0.1) is 0 Å². The molecule has 0 saturated heterocycles. The first kappa shape index (κ1) is 17.1. The molecule has 0 heterocycles. The van der Waals surface area contributed by atoms with Crippen molar-refractivity contribution in [1.82, 2.24) is 0 Å². The maximum atomic E-state index is 6.41. The average molecular weight is 305 g/mol. The van der Waals surface area contributed by atoms with Gasteiger partial charge < -0.3 is 5.73 Å². The molecule has 120 valence electrons. The third-order valence-electron chi connectivity index (χ3n) is 4.18. The molecule has 2 aromatic carbocycles. The van der Waals surface area contributed by atoms with Crippen molar-refractivity contribution in [2.45, 2.75) is 40.0 Å². The standard InChI is InChI=1S/C22H27N/c1-4-11-21(19-13-7-6-8-14-19)18(5-2)16-22(23)20-15-10-9-12-17(20)3/h6-10,12-16H,4-5,11,23H2,1-3H3/b21-18+,22-16-. The number of aryl methyl sites for hydroxylation is 1. The zero-order valence-electron chi connectivity index (χ0n) is 14.5. The van der Waals surface area contributed by atoms with Gasteiger partial charge in [-0.3, -0.25) is 0 Å². The first-order valence-electron chi connectivity index (χ1n) is 8.48. The van der Waals surface area contributed by atoms with Crippen LogP contribution in [0, 0.1) is 6.92 Å². The van der Waals surface area contributed by atoms with Crippen LogP contribution in [0.25, 0.3) is 11.3 Å². The molecule has 2 N–H and O–H groups in total. The minimum absolute atomic E-state index is 0.851. The Balaban J connectivity index is 2.50. The minimum Gasteiger partial charge on any atom is -0.398 e. The molecular weight excluding hydrogens is 278 g/mol. The highest BCUT2D eigenvalue weighted by molar-refractivity contribution is 5.76. The van der Waals surface area contributed by atoms with Crippen LogP contribution in [-0.4, -0.2) is 0 Å². The first-order valence-corrected chi connectivity index (χ1v) is 8.48. The number of rotatable bonds is 6. The lowest BCUT2D eigenvalue weighted by molar-refractivity contribution is 0.959. The summed E-state index contributed by atoms with van der Waals surface area (Å²) in [6.45, 7) is 6.54. The minimum atomic E-state index is 0.851. The van der Waals surface area contributed by atoms with Gasteiger partial charge in [0.25, 0.3) is 0 Å². The molecule has 0 saturated carbocycles. The molecule has 0 radical (unpaired) electrons. The van der Waals surface area contributed by atoms with Crippen LogP contribution in [0.1, 0.15) is 49.8 Å². The van der Waals surface area contributed by atoms with Crippen molar-refractivity contribution in [3.63, 3.8) is 0 Å². The topological polar surface area (TPSA) is 26.0 Å². The Bertz CT molecular complexity index is 693. The number of hydrogen-bond acceptors (Lipinski definition) is 1. The summed E-state index contributed by atoms with van der Waals surface area (Å²) in [6, 6.07) is 19.0. The zero-order chi connectivity index (χ0) is 16.7. The van der Waals surface area contributed by atoms with Crippen molar-refractivity contribution >= 4 is 11.3 Å². The van der Waals surface area contributed by atoms with E-state index in [0.29, 0.717) is 0 Å². The molecule has 23 heavy (non-hydrogen) atoms. The summed E-state index contributed by atoms with van der Waals surface area (Å²) < 4.78 is 0. The van der Waals surface area contributed by atoms with Crippen LogP contribution >= 0.6 is 0 Å². The fourth-order valence-corrected chi connectivity index (χ4v) is 2.94. The van der Waals surface area contributed by atoms with Crippen molar-refractivity contribution in [3.05, 3.63) is 82.9 Å². The van der Waals surface area contributed by atoms with Crippen LogP contribution in [0.4, 0.5) is 0 Å². The van der Waals surface area contributed by atoms with Gasteiger partial charge in [0.1, 0.15) is 0 Å². The van der Waals surface area contributed by atoms with E-state index in [9.17, 15) is 0 Å². The van der Waals surface area contributed by atoms with Crippen molar-refractivity contribution in [2.75, 3.05) is 0 Å². The molecule has 0 aliphatic carbocycles. The van der Waals surface area contributed by atoms with Gasteiger partial charge in [0, 0.05) is 11.3 Å². The van der Waals surface area contributed by atoms with E-state index in [1.807, 2.05) is 6.07 Å². The van der Waals surface area contributed by atoms with Gasteiger partial charge in [0.05, 0.1) is 0 Å². The highest BCUT2D eigenvalue weighted by Crippen LogP contribution is 2.28. The van der Waals surface area contributed by atoms with Gasteiger partial charge in [-0.25, -0.2) is 0 Å². The number of nitrogens with two attached hydrogens (primary N) is 1. The van der Waals surface area contributed by atoms with E-state index in [0.717, 1.165) is 30.5 Å². The van der Waals surface area contributed by atoms with Gasteiger partial charge in [-0.2, -0.15) is 0 Å². The maximum absolute atomic E-state index is 6.41. The van der Waals surface area contributed by atoms with Crippen LogP contribution in [-0.2, 0) is 0 Å². The second-order valence-corrected chi connectivity index (χ2v) is 5.89. The molecule has 2 aromatic rings. The normalized spacial score (nSPS) is 12.9. The first-order chi connectivity index (χ1) is 11.2. The molecule has 0 bridgehead atoms. The van der Waals surface area contributed by atoms with Crippen LogP contribution < -0.4 is 5.73 Å². The van der Waals surface area contributed by atoms with Gasteiger partial charge >= 0.3 is 0 Å². The molecule has 0 spiro atoms. The van der Waals surface area contributed by atoms with Gasteiger partial charge in [-0.05, 0) is 48.1 Å². The van der Waals surface area contributed by atoms with E-state index in [1.165, 1.54) is 22.3 Å². The number of benzene rings is 2. The highest BCUT2D eigenvalue weighted by atomic mass is 14.6. The van der Waals surface area contributed by atoms with E-state index in [1.54, 1.807) is 0 Å². The fraction of sp³-hybridized carbons (Fsp3) is 0.273. The van der Waals surface area contributed by atoms with Crippen molar-refractivity contribution in [2.24, 2.45) is 5.73 Å². The lowest BCUT2D eigenvalue weighted by Crippen LogP contribution is -2.00. The zero-order valence-corrected chi connectivity index (χ0v) is 14.5. The Morgan fingerprint density at radius 3 is 2.22 bits per heavy atom. The summed E-state index contributed by atoms with van der Waals surface area (Å²) in [5.74, 6) is 0. The predicted molar refractivity (Wildman–Crippen MR) is 102 cm³/mol. The van der Waals surface area contributed by atoms with Gasteiger partial charge in [0.15, 0.2) is 0 Å². The molecule has 1 heteroatoms. The lowest BCUT2D eigenvalue weighted by atomic mass is 9.93. The summed E-state index contributed by atoms with van der Waals surface area (Å²) in [5, 5.41) is 0. The second-order valence-electron chi connectivity index (χ2n) is 5.89. The molecule has 1 nitrogen and oxygen atoms in total. The lowest BCUT2D eigenvalue weighted by Gasteiger charge is -2.13. The van der Waals surface area contributed by atoms with Crippen molar-refractivity contribution in [3.8, 4) is 0 Å². The summed E-state index contributed by atoms with van der Waals surface area (Å²) in [7, 11) is 0. The maximum Gasteiger partial charge on any atom is 0.0393 e.